The number of fused-ring (bicyclic) bond motifs is 1. The van der Waals surface area contributed by atoms with E-state index < -0.39 is 11.4 Å². The SMILES string of the molecule is CNC(=O)c1ccc(C2=CC(=C3C(=O)Nc4cc(F)ccc43)OC2(C)C)cc1. The Hall–Kier alpha value is -3.41. The van der Waals surface area contributed by atoms with E-state index in [1.165, 1.54) is 12.1 Å². The summed E-state index contributed by atoms with van der Waals surface area (Å²) < 4.78 is 19.6. The van der Waals surface area contributed by atoms with Crippen molar-refractivity contribution < 1.29 is 18.7 Å². The van der Waals surface area contributed by atoms with Gasteiger partial charge < -0.3 is 15.4 Å². The average Bonchev–Trinajstić information content (AvgIpc) is 3.15. The summed E-state index contributed by atoms with van der Waals surface area (Å²) >= 11 is 0. The summed E-state index contributed by atoms with van der Waals surface area (Å²) in [4.78, 5) is 24.2. The molecule has 5 nitrogen and oxygen atoms in total. The topological polar surface area (TPSA) is 67.4 Å². The van der Waals surface area contributed by atoms with E-state index in [2.05, 4.69) is 10.6 Å². The van der Waals surface area contributed by atoms with Crippen molar-refractivity contribution in [2.75, 3.05) is 12.4 Å². The van der Waals surface area contributed by atoms with Gasteiger partial charge in [-0.3, -0.25) is 9.59 Å². The van der Waals surface area contributed by atoms with E-state index >= 15 is 0 Å². The van der Waals surface area contributed by atoms with Crippen LogP contribution >= 0.6 is 0 Å². The second kappa shape index (κ2) is 6.34. The first-order valence-corrected chi connectivity index (χ1v) is 8.89. The van der Waals surface area contributed by atoms with Crippen LogP contribution in [0.25, 0.3) is 11.1 Å². The normalized spacial score (nSPS) is 19.6. The summed E-state index contributed by atoms with van der Waals surface area (Å²) in [6.45, 7) is 3.83. The van der Waals surface area contributed by atoms with Gasteiger partial charge in [-0.2, -0.15) is 0 Å². The minimum atomic E-state index is -0.667. The number of halogens is 1. The van der Waals surface area contributed by atoms with E-state index in [0.29, 0.717) is 28.1 Å². The molecule has 0 fully saturated rings. The number of anilines is 1. The molecule has 2 amide bonds. The Labute approximate surface area is 161 Å². The van der Waals surface area contributed by atoms with Gasteiger partial charge in [0.05, 0.1) is 11.3 Å². The van der Waals surface area contributed by atoms with E-state index in [-0.39, 0.29) is 11.8 Å². The summed E-state index contributed by atoms with van der Waals surface area (Å²) in [5.41, 5.74) is 3.12. The zero-order chi connectivity index (χ0) is 20.1. The van der Waals surface area contributed by atoms with E-state index in [1.807, 2.05) is 32.1 Å². The van der Waals surface area contributed by atoms with Gasteiger partial charge in [0.15, 0.2) is 0 Å². The fraction of sp³-hybridized carbons (Fsp3) is 0.182. The Kier molecular flexibility index (Phi) is 4.07. The van der Waals surface area contributed by atoms with Crippen molar-refractivity contribution in [1.82, 2.24) is 5.32 Å². The fourth-order valence-corrected chi connectivity index (χ4v) is 3.55. The summed E-state index contributed by atoms with van der Waals surface area (Å²) in [7, 11) is 1.58. The smallest absolute Gasteiger partial charge is 0.260 e. The second-order valence-corrected chi connectivity index (χ2v) is 7.21. The van der Waals surface area contributed by atoms with Crippen LogP contribution in [0.4, 0.5) is 10.1 Å². The lowest BCUT2D eigenvalue weighted by molar-refractivity contribution is -0.111. The molecule has 0 radical (unpaired) electrons. The van der Waals surface area contributed by atoms with Gasteiger partial charge in [-0.05, 0) is 55.8 Å². The number of amides is 2. The van der Waals surface area contributed by atoms with Crippen molar-refractivity contribution in [3.8, 4) is 0 Å². The van der Waals surface area contributed by atoms with Gasteiger partial charge in [-0.1, -0.05) is 12.1 Å². The lowest BCUT2D eigenvalue weighted by Gasteiger charge is -2.23. The molecular formula is C22H19FN2O3. The number of carbonyl (C=O) groups excluding carboxylic acids is 2. The molecule has 2 N–H and O–H groups in total. The number of hydrogen-bond donors (Lipinski definition) is 2. The van der Waals surface area contributed by atoms with Crippen LogP contribution in [0.5, 0.6) is 0 Å². The number of allylic oxidation sites excluding steroid dienone is 1. The lowest BCUT2D eigenvalue weighted by Crippen LogP contribution is -2.21. The Morgan fingerprint density at radius 3 is 2.54 bits per heavy atom. The van der Waals surface area contributed by atoms with Crippen LogP contribution < -0.4 is 10.6 Å². The Bertz CT molecular complexity index is 1070. The molecule has 2 heterocycles. The molecule has 0 unspecified atom stereocenters. The number of hydrogen-bond acceptors (Lipinski definition) is 3. The molecule has 4 rings (SSSR count). The Morgan fingerprint density at radius 1 is 1.14 bits per heavy atom. The number of ether oxygens (including phenoxy) is 1. The van der Waals surface area contributed by atoms with Crippen LogP contribution in [0, 0.1) is 5.82 Å². The van der Waals surface area contributed by atoms with E-state index in [0.717, 1.165) is 11.1 Å². The highest BCUT2D eigenvalue weighted by Crippen LogP contribution is 2.44. The molecule has 6 heteroatoms. The van der Waals surface area contributed by atoms with Gasteiger partial charge in [0.25, 0.3) is 11.8 Å². The predicted octanol–water partition coefficient (Wildman–Crippen LogP) is 3.74. The maximum atomic E-state index is 13.5. The monoisotopic (exact) mass is 378 g/mol. The first-order chi connectivity index (χ1) is 13.3. The summed E-state index contributed by atoms with van der Waals surface area (Å²) in [6.07, 6.45) is 1.84. The molecule has 2 aromatic carbocycles. The van der Waals surface area contributed by atoms with Gasteiger partial charge in [0.1, 0.15) is 17.2 Å². The molecule has 2 aromatic rings. The minimum absolute atomic E-state index is 0.156. The van der Waals surface area contributed by atoms with Gasteiger partial charge in [-0.15, -0.1) is 0 Å². The van der Waals surface area contributed by atoms with Crippen molar-refractivity contribution in [3.05, 3.63) is 76.8 Å². The van der Waals surface area contributed by atoms with Crippen LogP contribution in [-0.2, 0) is 9.53 Å². The minimum Gasteiger partial charge on any atom is -0.482 e. The number of nitrogens with one attached hydrogen (secondary N) is 2. The number of carbonyl (C=O) groups is 2. The fourth-order valence-electron chi connectivity index (χ4n) is 3.55. The van der Waals surface area contributed by atoms with Crippen molar-refractivity contribution in [2.45, 2.75) is 19.4 Å². The molecule has 28 heavy (non-hydrogen) atoms. The summed E-state index contributed by atoms with van der Waals surface area (Å²) in [5, 5.41) is 5.28. The third-order valence-corrected chi connectivity index (χ3v) is 4.95. The highest BCUT2D eigenvalue weighted by Gasteiger charge is 2.38. The predicted molar refractivity (Wildman–Crippen MR) is 105 cm³/mol. The Morgan fingerprint density at radius 2 is 1.86 bits per heavy atom. The van der Waals surface area contributed by atoms with Crippen molar-refractivity contribution in [3.63, 3.8) is 0 Å². The molecule has 0 saturated heterocycles. The van der Waals surface area contributed by atoms with Crippen LogP contribution in [0.1, 0.15) is 35.3 Å². The highest BCUT2D eigenvalue weighted by atomic mass is 19.1. The number of benzene rings is 2. The average molecular weight is 378 g/mol. The summed E-state index contributed by atoms with van der Waals surface area (Å²) in [5.74, 6) is -0.445. The summed E-state index contributed by atoms with van der Waals surface area (Å²) in [6, 6.07) is 11.4. The standard InChI is InChI=1S/C22H19FN2O3/c1-22(2)16(12-4-6-13(7-5-12)20(26)24-3)11-18(28-22)19-15-9-8-14(23)10-17(15)25-21(19)27/h4-11H,1-3H3,(H,24,26)(H,25,27). The van der Waals surface area contributed by atoms with Crippen molar-refractivity contribution in [2.24, 2.45) is 0 Å². The first-order valence-electron chi connectivity index (χ1n) is 8.89. The first kappa shape index (κ1) is 18.0. The van der Waals surface area contributed by atoms with Crippen molar-refractivity contribution >= 4 is 28.6 Å². The quantitative estimate of drug-likeness (QED) is 0.783. The maximum absolute atomic E-state index is 13.5. The van der Waals surface area contributed by atoms with E-state index in [1.54, 1.807) is 25.2 Å². The third kappa shape index (κ3) is 2.87. The maximum Gasteiger partial charge on any atom is 0.260 e. The molecule has 2 aliphatic heterocycles. The molecule has 0 bridgehead atoms. The molecule has 0 spiro atoms. The van der Waals surface area contributed by atoms with E-state index in [4.69, 9.17) is 4.74 Å². The molecular weight excluding hydrogens is 359 g/mol. The van der Waals surface area contributed by atoms with Crippen LogP contribution in [0.2, 0.25) is 0 Å². The van der Waals surface area contributed by atoms with E-state index in [9.17, 15) is 14.0 Å². The molecule has 0 aromatic heterocycles. The van der Waals surface area contributed by atoms with Gasteiger partial charge in [0.2, 0.25) is 0 Å². The second-order valence-electron chi connectivity index (χ2n) is 7.21. The third-order valence-electron chi connectivity index (χ3n) is 4.95. The van der Waals surface area contributed by atoms with Crippen LogP contribution in [0.15, 0.2) is 54.3 Å². The zero-order valence-electron chi connectivity index (χ0n) is 15.7. The molecule has 142 valence electrons. The molecule has 0 atom stereocenters. The largest absolute Gasteiger partial charge is 0.482 e. The van der Waals surface area contributed by atoms with Gasteiger partial charge >= 0.3 is 0 Å². The zero-order valence-corrected chi connectivity index (χ0v) is 15.7. The Balaban J connectivity index is 1.78. The lowest BCUT2D eigenvalue weighted by atomic mass is 9.91. The highest BCUT2D eigenvalue weighted by molar-refractivity contribution is 6.32. The molecule has 0 saturated carbocycles. The van der Waals surface area contributed by atoms with Gasteiger partial charge in [-0.25, -0.2) is 4.39 Å². The van der Waals surface area contributed by atoms with Crippen molar-refractivity contribution in [1.29, 1.82) is 0 Å². The van der Waals surface area contributed by atoms with Crippen LogP contribution in [0.3, 0.4) is 0 Å². The van der Waals surface area contributed by atoms with Gasteiger partial charge in [0, 0.05) is 23.7 Å². The molecule has 0 aliphatic carbocycles. The number of rotatable bonds is 2. The van der Waals surface area contributed by atoms with Crippen LogP contribution in [-0.4, -0.2) is 24.5 Å². The molecule has 2 aliphatic rings.